The lowest BCUT2D eigenvalue weighted by Gasteiger charge is -2.19. The van der Waals surface area contributed by atoms with Gasteiger partial charge in [-0.1, -0.05) is 6.58 Å². The minimum absolute atomic E-state index is 0.0573. The highest BCUT2D eigenvalue weighted by Crippen LogP contribution is 1.96. The van der Waals surface area contributed by atoms with Crippen molar-refractivity contribution in [2.75, 3.05) is 32.8 Å². The van der Waals surface area contributed by atoms with E-state index >= 15 is 0 Å². The molecule has 0 aromatic heterocycles. The van der Waals surface area contributed by atoms with Crippen LogP contribution in [-0.2, 0) is 4.79 Å². The Hall–Kier alpha value is -0.910. The normalized spacial score (nSPS) is 10.4. The predicted octanol–water partition coefficient (Wildman–Crippen LogP) is -1.09. The Labute approximate surface area is 76.9 Å². The molecule has 0 aliphatic heterocycles. The molecule has 5 nitrogen and oxygen atoms in total. The van der Waals surface area contributed by atoms with Crippen molar-refractivity contribution in [3.05, 3.63) is 12.2 Å². The number of nitrogens with zero attached hydrogens (tertiary/aromatic N) is 1. The number of carbonyl (C=O) groups is 1. The van der Waals surface area contributed by atoms with E-state index in [9.17, 15) is 4.79 Å². The molecule has 0 aliphatic rings. The van der Waals surface area contributed by atoms with Crippen molar-refractivity contribution in [3.63, 3.8) is 0 Å². The van der Waals surface area contributed by atoms with Crippen LogP contribution in [0.2, 0.25) is 0 Å². The van der Waals surface area contributed by atoms with Gasteiger partial charge in [0.1, 0.15) is 0 Å². The maximum Gasteiger partial charge on any atom is 0.332 e. The third kappa shape index (κ3) is 5.35. The van der Waals surface area contributed by atoms with E-state index in [0.717, 1.165) is 0 Å². The zero-order valence-corrected chi connectivity index (χ0v) is 7.44. The fraction of sp³-hybridized carbons (Fsp3) is 0.625. The molecule has 0 aromatic rings. The summed E-state index contributed by atoms with van der Waals surface area (Å²) in [5.74, 6) is -1.05. The number of hydrogen-bond donors (Lipinski definition) is 3. The summed E-state index contributed by atoms with van der Waals surface area (Å²) in [4.78, 5) is 12.0. The molecule has 0 heterocycles. The first-order chi connectivity index (χ1) is 6.11. The number of aliphatic hydroxyl groups is 2. The Morgan fingerprint density at radius 1 is 1.23 bits per heavy atom. The minimum Gasteiger partial charge on any atom is -0.478 e. The van der Waals surface area contributed by atoms with E-state index in [1.807, 2.05) is 0 Å². The van der Waals surface area contributed by atoms with E-state index < -0.39 is 5.97 Å². The van der Waals surface area contributed by atoms with E-state index in [0.29, 0.717) is 13.1 Å². The van der Waals surface area contributed by atoms with Crippen LogP contribution in [0.25, 0.3) is 0 Å². The maximum absolute atomic E-state index is 10.4. The molecule has 0 amide bonds. The second-order valence-corrected chi connectivity index (χ2v) is 2.63. The summed E-state index contributed by atoms with van der Waals surface area (Å²) in [7, 11) is 0. The van der Waals surface area contributed by atoms with Gasteiger partial charge in [-0.2, -0.15) is 0 Å². The van der Waals surface area contributed by atoms with Crippen molar-refractivity contribution >= 4 is 5.97 Å². The molecule has 0 spiro atoms. The van der Waals surface area contributed by atoms with Crippen molar-refractivity contribution in [1.29, 1.82) is 0 Å². The maximum atomic E-state index is 10.4. The zero-order chi connectivity index (χ0) is 10.3. The number of carboxylic acid groups (broad SMARTS) is 1. The fourth-order valence-electron chi connectivity index (χ4n) is 0.890. The molecule has 3 N–H and O–H groups in total. The molecule has 0 aliphatic carbocycles. The fourth-order valence-corrected chi connectivity index (χ4v) is 0.890. The second kappa shape index (κ2) is 6.59. The van der Waals surface area contributed by atoms with Gasteiger partial charge in [-0.3, -0.25) is 4.90 Å². The Balaban J connectivity index is 3.93. The standard InChI is InChI=1S/C8H15NO4/c1-7(8(12)13)6-9(2-4-10)3-5-11/h10-11H,1-6H2,(H,12,13). The van der Waals surface area contributed by atoms with Gasteiger partial charge >= 0.3 is 5.97 Å². The summed E-state index contributed by atoms with van der Waals surface area (Å²) in [5, 5.41) is 25.7. The summed E-state index contributed by atoms with van der Waals surface area (Å²) in [6.45, 7) is 4.07. The highest BCUT2D eigenvalue weighted by molar-refractivity contribution is 5.86. The Kier molecular flexibility index (Phi) is 6.13. The van der Waals surface area contributed by atoms with Gasteiger partial charge in [-0.05, 0) is 0 Å². The highest BCUT2D eigenvalue weighted by Gasteiger charge is 2.09. The van der Waals surface area contributed by atoms with Crippen LogP contribution in [0, 0.1) is 0 Å². The van der Waals surface area contributed by atoms with Crippen LogP contribution in [0.4, 0.5) is 0 Å². The van der Waals surface area contributed by atoms with Crippen molar-refractivity contribution in [2.45, 2.75) is 0 Å². The average Bonchev–Trinajstić information content (AvgIpc) is 2.05. The van der Waals surface area contributed by atoms with E-state index in [1.54, 1.807) is 4.90 Å². The summed E-state index contributed by atoms with van der Waals surface area (Å²) < 4.78 is 0. The van der Waals surface area contributed by atoms with E-state index in [4.69, 9.17) is 15.3 Å². The van der Waals surface area contributed by atoms with E-state index in [2.05, 4.69) is 6.58 Å². The van der Waals surface area contributed by atoms with Gasteiger partial charge < -0.3 is 15.3 Å². The molecule has 13 heavy (non-hydrogen) atoms. The van der Waals surface area contributed by atoms with Crippen molar-refractivity contribution in [2.24, 2.45) is 0 Å². The number of carboxylic acids is 1. The molecule has 0 aromatic carbocycles. The van der Waals surface area contributed by atoms with Gasteiger partial charge in [0.05, 0.1) is 13.2 Å². The van der Waals surface area contributed by atoms with E-state index in [-0.39, 0.29) is 25.3 Å². The largest absolute Gasteiger partial charge is 0.478 e. The molecule has 0 atom stereocenters. The molecule has 5 heteroatoms. The van der Waals surface area contributed by atoms with Gasteiger partial charge in [0.2, 0.25) is 0 Å². The third-order valence-electron chi connectivity index (χ3n) is 1.55. The molecule has 0 saturated heterocycles. The molecule has 0 bridgehead atoms. The molecule has 0 unspecified atom stereocenters. The Bertz CT molecular complexity index is 175. The monoisotopic (exact) mass is 189 g/mol. The van der Waals surface area contributed by atoms with Crippen molar-refractivity contribution < 1.29 is 20.1 Å². The quantitative estimate of drug-likeness (QED) is 0.443. The van der Waals surface area contributed by atoms with Gasteiger partial charge in [-0.25, -0.2) is 4.79 Å². The van der Waals surface area contributed by atoms with Crippen LogP contribution >= 0.6 is 0 Å². The number of hydrogen-bond acceptors (Lipinski definition) is 4. The van der Waals surface area contributed by atoms with Gasteiger partial charge in [0, 0.05) is 25.2 Å². The lowest BCUT2D eigenvalue weighted by atomic mass is 10.3. The molecule has 0 fully saturated rings. The molecule has 76 valence electrons. The minimum atomic E-state index is -1.05. The highest BCUT2D eigenvalue weighted by atomic mass is 16.4. The van der Waals surface area contributed by atoms with Gasteiger partial charge in [0.15, 0.2) is 0 Å². The number of aliphatic hydroxyl groups excluding tert-OH is 2. The lowest BCUT2D eigenvalue weighted by Crippen LogP contribution is -2.32. The number of rotatable bonds is 7. The van der Waals surface area contributed by atoms with Crippen LogP contribution in [0.5, 0.6) is 0 Å². The van der Waals surface area contributed by atoms with Crippen molar-refractivity contribution in [1.82, 2.24) is 4.90 Å². The smallest absolute Gasteiger partial charge is 0.332 e. The van der Waals surface area contributed by atoms with Crippen LogP contribution in [0.1, 0.15) is 0 Å². The van der Waals surface area contributed by atoms with E-state index in [1.165, 1.54) is 0 Å². The summed E-state index contributed by atoms with van der Waals surface area (Å²) in [6, 6.07) is 0. The Morgan fingerprint density at radius 2 is 1.69 bits per heavy atom. The van der Waals surface area contributed by atoms with Crippen LogP contribution in [-0.4, -0.2) is 59.0 Å². The molecular weight excluding hydrogens is 174 g/mol. The first-order valence-electron chi connectivity index (χ1n) is 3.97. The van der Waals surface area contributed by atoms with Crippen molar-refractivity contribution in [3.8, 4) is 0 Å². The number of aliphatic carboxylic acids is 1. The summed E-state index contributed by atoms with van der Waals surface area (Å²) >= 11 is 0. The molecule has 0 radical (unpaired) electrons. The first kappa shape index (κ1) is 12.1. The van der Waals surface area contributed by atoms with Crippen LogP contribution in [0.15, 0.2) is 12.2 Å². The zero-order valence-electron chi connectivity index (χ0n) is 7.44. The van der Waals surface area contributed by atoms with Crippen LogP contribution in [0.3, 0.4) is 0 Å². The lowest BCUT2D eigenvalue weighted by molar-refractivity contribution is -0.132. The molecular formula is C8H15NO4. The molecule has 0 saturated carbocycles. The van der Waals surface area contributed by atoms with Gasteiger partial charge in [0.25, 0.3) is 0 Å². The Morgan fingerprint density at radius 3 is 2.00 bits per heavy atom. The average molecular weight is 189 g/mol. The van der Waals surface area contributed by atoms with Crippen LogP contribution < -0.4 is 0 Å². The predicted molar refractivity (Wildman–Crippen MR) is 47.4 cm³/mol. The summed E-state index contributed by atoms with van der Waals surface area (Å²) in [6.07, 6.45) is 0. The van der Waals surface area contributed by atoms with Gasteiger partial charge in [-0.15, -0.1) is 0 Å². The second-order valence-electron chi connectivity index (χ2n) is 2.63. The third-order valence-corrected chi connectivity index (χ3v) is 1.55. The SMILES string of the molecule is C=C(CN(CCO)CCO)C(=O)O. The summed E-state index contributed by atoms with van der Waals surface area (Å²) in [5.41, 5.74) is 0.0573. The first-order valence-corrected chi connectivity index (χ1v) is 3.97. The topological polar surface area (TPSA) is 81.0 Å². The molecule has 0 rings (SSSR count).